The van der Waals surface area contributed by atoms with E-state index in [0.717, 1.165) is 44.8 Å². The summed E-state index contributed by atoms with van der Waals surface area (Å²) in [5, 5.41) is 6.76. The molecule has 0 saturated heterocycles. The van der Waals surface area contributed by atoms with Crippen molar-refractivity contribution in [2.24, 2.45) is 0 Å². The molecule has 3 nitrogen and oxygen atoms in total. The first kappa shape index (κ1) is 12.3. The van der Waals surface area contributed by atoms with Gasteiger partial charge in [-0.3, -0.25) is 0 Å². The zero-order valence-corrected chi connectivity index (χ0v) is 9.59. The molecule has 0 unspecified atom stereocenters. The van der Waals surface area contributed by atoms with Crippen LogP contribution in [0.4, 0.5) is 0 Å². The molecule has 0 amide bonds. The number of hydrogen-bond donors (Lipinski definition) is 2. The minimum Gasteiger partial charge on any atom is -0.469 e. The molecular weight excluding hydrogens is 188 g/mol. The van der Waals surface area contributed by atoms with Crippen LogP contribution < -0.4 is 10.6 Å². The van der Waals surface area contributed by atoms with Gasteiger partial charge in [-0.25, -0.2) is 0 Å². The van der Waals surface area contributed by atoms with Crippen LogP contribution in [0.25, 0.3) is 0 Å². The third kappa shape index (κ3) is 6.31. The van der Waals surface area contributed by atoms with Gasteiger partial charge in [0.2, 0.25) is 0 Å². The quantitative estimate of drug-likeness (QED) is 0.610. The Kier molecular flexibility index (Phi) is 6.96. The third-order valence-electron chi connectivity index (χ3n) is 2.26. The number of rotatable bonds is 9. The summed E-state index contributed by atoms with van der Waals surface area (Å²) < 4.78 is 5.25. The molecule has 0 atom stereocenters. The van der Waals surface area contributed by atoms with Crippen molar-refractivity contribution in [3.05, 3.63) is 24.2 Å². The Morgan fingerprint density at radius 3 is 2.60 bits per heavy atom. The summed E-state index contributed by atoms with van der Waals surface area (Å²) in [7, 11) is 0. The van der Waals surface area contributed by atoms with E-state index in [-0.39, 0.29) is 0 Å². The summed E-state index contributed by atoms with van der Waals surface area (Å²) in [6.07, 6.45) is 5.11. The van der Waals surface area contributed by atoms with Gasteiger partial charge in [0, 0.05) is 19.5 Å². The van der Waals surface area contributed by atoms with Gasteiger partial charge in [-0.2, -0.15) is 0 Å². The van der Waals surface area contributed by atoms with Crippen molar-refractivity contribution in [2.45, 2.75) is 26.2 Å². The number of nitrogens with one attached hydrogen (secondary N) is 2. The molecule has 2 N–H and O–H groups in total. The van der Waals surface area contributed by atoms with Gasteiger partial charge >= 0.3 is 0 Å². The van der Waals surface area contributed by atoms with E-state index in [9.17, 15) is 0 Å². The zero-order chi connectivity index (χ0) is 10.8. The second kappa shape index (κ2) is 8.50. The van der Waals surface area contributed by atoms with Crippen LogP contribution in [-0.2, 0) is 6.42 Å². The molecule has 0 bridgehead atoms. The Labute approximate surface area is 92.2 Å². The van der Waals surface area contributed by atoms with Crippen molar-refractivity contribution in [3.63, 3.8) is 0 Å². The molecule has 0 radical (unpaired) electrons. The summed E-state index contributed by atoms with van der Waals surface area (Å²) >= 11 is 0. The van der Waals surface area contributed by atoms with E-state index in [0.29, 0.717) is 0 Å². The Bertz CT molecular complexity index is 222. The van der Waals surface area contributed by atoms with Gasteiger partial charge in [-0.15, -0.1) is 0 Å². The Morgan fingerprint density at radius 2 is 1.93 bits per heavy atom. The van der Waals surface area contributed by atoms with Gasteiger partial charge < -0.3 is 15.1 Å². The lowest BCUT2D eigenvalue weighted by Crippen LogP contribution is -2.28. The summed E-state index contributed by atoms with van der Waals surface area (Å²) in [6.45, 7) is 6.49. The molecule has 0 aliphatic rings. The fourth-order valence-electron chi connectivity index (χ4n) is 1.45. The van der Waals surface area contributed by atoms with Gasteiger partial charge in [-0.1, -0.05) is 6.92 Å². The van der Waals surface area contributed by atoms with E-state index in [4.69, 9.17) is 4.42 Å². The molecule has 86 valence electrons. The minimum absolute atomic E-state index is 1.03. The van der Waals surface area contributed by atoms with Crippen molar-refractivity contribution in [3.8, 4) is 0 Å². The van der Waals surface area contributed by atoms with E-state index < -0.39 is 0 Å². The maximum Gasteiger partial charge on any atom is 0.103 e. The van der Waals surface area contributed by atoms with Gasteiger partial charge in [0.05, 0.1) is 6.26 Å². The van der Waals surface area contributed by atoms with Crippen molar-refractivity contribution >= 4 is 0 Å². The molecule has 1 aromatic rings. The highest BCUT2D eigenvalue weighted by Crippen LogP contribution is 2.02. The lowest BCUT2D eigenvalue weighted by Gasteiger charge is -2.04. The molecule has 0 saturated carbocycles. The standard InChI is InChI=1S/C12H22N2O/c1-2-7-13-9-10-14-8-3-5-12-6-4-11-15-12/h4,6,11,13-14H,2-3,5,7-10H2,1H3. The third-order valence-corrected chi connectivity index (χ3v) is 2.26. The monoisotopic (exact) mass is 210 g/mol. The summed E-state index contributed by atoms with van der Waals surface area (Å²) in [5.41, 5.74) is 0. The zero-order valence-electron chi connectivity index (χ0n) is 9.59. The first-order valence-electron chi connectivity index (χ1n) is 5.87. The first-order chi connectivity index (χ1) is 7.43. The van der Waals surface area contributed by atoms with Crippen LogP contribution in [0.2, 0.25) is 0 Å². The van der Waals surface area contributed by atoms with Gasteiger partial charge in [0.15, 0.2) is 0 Å². The first-order valence-corrected chi connectivity index (χ1v) is 5.87. The topological polar surface area (TPSA) is 37.2 Å². The number of aryl methyl sites for hydroxylation is 1. The fraction of sp³-hybridized carbons (Fsp3) is 0.667. The van der Waals surface area contributed by atoms with E-state index >= 15 is 0 Å². The highest BCUT2D eigenvalue weighted by molar-refractivity contribution is 4.97. The van der Waals surface area contributed by atoms with Crippen LogP contribution in [-0.4, -0.2) is 26.2 Å². The van der Waals surface area contributed by atoms with E-state index in [1.165, 1.54) is 6.42 Å². The highest BCUT2D eigenvalue weighted by Gasteiger charge is 1.94. The second-order valence-electron chi connectivity index (χ2n) is 3.68. The molecule has 0 aliphatic carbocycles. The van der Waals surface area contributed by atoms with Crippen LogP contribution in [0.5, 0.6) is 0 Å². The molecule has 1 aromatic heterocycles. The van der Waals surface area contributed by atoms with Crippen molar-refractivity contribution in [1.29, 1.82) is 0 Å². The van der Waals surface area contributed by atoms with Crippen molar-refractivity contribution in [1.82, 2.24) is 10.6 Å². The van der Waals surface area contributed by atoms with Crippen LogP contribution in [0.15, 0.2) is 22.8 Å². The highest BCUT2D eigenvalue weighted by atomic mass is 16.3. The van der Waals surface area contributed by atoms with Gasteiger partial charge in [0.1, 0.15) is 5.76 Å². The molecule has 1 heterocycles. The SMILES string of the molecule is CCCNCCNCCCc1ccco1. The number of hydrogen-bond acceptors (Lipinski definition) is 3. The smallest absolute Gasteiger partial charge is 0.103 e. The Hall–Kier alpha value is -0.800. The van der Waals surface area contributed by atoms with Crippen LogP contribution in [0.1, 0.15) is 25.5 Å². The summed E-state index contributed by atoms with van der Waals surface area (Å²) in [4.78, 5) is 0. The molecular formula is C12H22N2O. The summed E-state index contributed by atoms with van der Waals surface area (Å²) in [5.74, 6) is 1.08. The maximum atomic E-state index is 5.25. The Balaban J connectivity index is 1.81. The largest absolute Gasteiger partial charge is 0.469 e. The lowest BCUT2D eigenvalue weighted by molar-refractivity contribution is 0.494. The van der Waals surface area contributed by atoms with Gasteiger partial charge in [-0.05, 0) is 38.1 Å². The van der Waals surface area contributed by atoms with Crippen LogP contribution >= 0.6 is 0 Å². The van der Waals surface area contributed by atoms with Crippen molar-refractivity contribution < 1.29 is 4.42 Å². The molecule has 15 heavy (non-hydrogen) atoms. The van der Waals surface area contributed by atoms with Crippen molar-refractivity contribution in [2.75, 3.05) is 26.2 Å². The summed E-state index contributed by atoms with van der Waals surface area (Å²) in [6, 6.07) is 3.97. The maximum absolute atomic E-state index is 5.25. The predicted octanol–water partition coefficient (Wildman–Crippen LogP) is 1.80. The van der Waals surface area contributed by atoms with E-state index in [1.54, 1.807) is 6.26 Å². The molecule has 3 heteroatoms. The normalized spacial score (nSPS) is 10.7. The van der Waals surface area contributed by atoms with E-state index in [2.05, 4.69) is 17.6 Å². The van der Waals surface area contributed by atoms with Crippen LogP contribution in [0, 0.1) is 0 Å². The molecule has 0 fully saturated rings. The molecule has 0 aliphatic heterocycles. The minimum atomic E-state index is 1.03. The predicted molar refractivity (Wildman–Crippen MR) is 63.1 cm³/mol. The van der Waals surface area contributed by atoms with E-state index in [1.807, 2.05) is 12.1 Å². The average molecular weight is 210 g/mol. The number of furan rings is 1. The molecule has 0 spiro atoms. The van der Waals surface area contributed by atoms with Gasteiger partial charge in [0.25, 0.3) is 0 Å². The van der Waals surface area contributed by atoms with Crippen LogP contribution in [0.3, 0.4) is 0 Å². The Morgan fingerprint density at radius 1 is 1.13 bits per heavy atom. The fourth-order valence-corrected chi connectivity index (χ4v) is 1.45. The second-order valence-corrected chi connectivity index (χ2v) is 3.68. The average Bonchev–Trinajstić information content (AvgIpc) is 2.75. The molecule has 1 rings (SSSR count). The molecule has 0 aromatic carbocycles. The lowest BCUT2D eigenvalue weighted by atomic mass is 10.2.